The predicted molar refractivity (Wildman–Crippen MR) is 95.7 cm³/mol. The number of halogens is 1. The van der Waals surface area contributed by atoms with Crippen molar-refractivity contribution < 1.29 is 4.39 Å². The first-order valence-corrected chi connectivity index (χ1v) is 7.73. The Morgan fingerprint density at radius 3 is 2.38 bits per heavy atom. The molecule has 0 saturated carbocycles. The molecule has 0 amide bonds. The number of rotatable bonds is 4. The molecule has 0 fully saturated rings. The smallest absolute Gasteiger partial charge is 0.229 e. The first-order chi connectivity index (χ1) is 11.5. The molecular weight excluding hydrogens is 303 g/mol. The van der Waals surface area contributed by atoms with Gasteiger partial charge in [-0.05, 0) is 62.2 Å². The van der Waals surface area contributed by atoms with Gasteiger partial charge in [-0.1, -0.05) is 12.1 Å². The lowest BCUT2D eigenvalue weighted by molar-refractivity contribution is 0.628. The highest BCUT2D eigenvalue weighted by Gasteiger charge is 2.06. The number of aromatic nitrogens is 2. The summed E-state index contributed by atoms with van der Waals surface area (Å²) in [6, 6.07) is 14.1. The van der Waals surface area contributed by atoms with E-state index in [2.05, 4.69) is 40.5 Å². The van der Waals surface area contributed by atoms with Crippen molar-refractivity contribution in [3.63, 3.8) is 0 Å². The van der Waals surface area contributed by atoms with Crippen molar-refractivity contribution in [3.05, 3.63) is 71.2 Å². The topological polar surface area (TPSA) is 49.8 Å². The zero-order valence-corrected chi connectivity index (χ0v) is 13.9. The van der Waals surface area contributed by atoms with E-state index in [1.807, 2.05) is 25.1 Å². The summed E-state index contributed by atoms with van der Waals surface area (Å²) >= 11 is 0. The van der Waals surface area contributed by atoms with Gasteiger partial charge in [0.2, 0.25) is 5.95 Å². The number of anilines is 4. The summed E-state index contributed by atoms with van der Waals surface area (Å²) in [5, 5.41) is 6.43. The summed E-state index contributed by atoms with van der Waals surface area (Å²) in [5.41, 5.74) is 4.95. The largest absolute Gasteiger partial charge is 0.340 e. The Hall–Kier alpha value is -2.95. The average Bonchev–Trinajstić information content (AvgIpc) is 2.54. The first-order valence-electron chi connectivity index (χ1n) is 7.73. The van der Waals surface area contributed by atoms with Crippen LogP contribution in [0.25, 0.3) is 0 Å². The van der Waals surface area contributed by atoms with E-state index in [1.54, 1.807) is 12.1 Å². The van der Waals surface area contributed by atoms with Gasteiger partial charge < -0.3 is 10.6 Å². The summed E-state index contributed by atoms with van der Waals surface area (Å²) < 4.78 is 13.0. The van der Waals surface area contributed by atoms with Crippen molar-refractivity contribution in [1.82, 2.24) is 9.97 Å². The number of nitrogens with one attached hydrogen (secondary N) is 2. The molecular formula is C19H19FN4. The van der Waals surface area contributed by atoms with Crippen molar-refractivity contribution in [2.75, 3.05) is 10.6 Å². The highest BCUT2D eigenvalue weighted by atomic mass is 19.1. The van der Waals surface area contributed by atoms with Crippen LogP contribution in [0, 0.1) is 26.6 Å². The minimum Gasteiger partial charge on any atom is -0.340 e. The molecule has 1 heterocycles. The van der Waals surface area contributed by atoms with Crippen LogP contribution in [0.5, 0.6) is 0 Å². The molecule has 122 valence electrons. The molecule has 2 aromatic carbocycles. The van der Waals surface area contributed by atoms with E-state index >= 15 is 0 Å². The third kappa shape index (κ3) is 3.68. The van der Waals surface area contributed by atoms with E-state index in [0.717, 1.165) is 22.6 Å². The van der Waals surface area contributed by atoms with Crippen LogP contribution in [0.1, 0.15) is 16.8 Å². The molecule has 0 unspecified atom stereocenters. The highest BCUT2D eigenvalue weighted by Crippen LogP contribution is 2.23. The maximum Gasteiger partial charge on any atom is 0.229 e. The minimum absolute atomic E-state index is 0.267. The molecule has 0 atom stereocenters. The van der Waals surface area contributed by atoms with Crippen LogP contribution in [-0.2, 0) is 0 Å². The molecule has 0 aliphatic carbocycles. The Bertz CT molecular complexity index is 860. The van der Waals surface area contributed by atoms with Crippen LogP contribution in [0.3, 0.4) is 0 Å². The average molecular weight is 322 g/mol. The molecule has 0 bridgehead atoms. The van der Waals surface area contributed by atoms with Crippen molar-refractivity contribution >= 4 is 23.1 Å². The fraction of sp³-hybridized carbons (Fsp3) is 0.158. The lowest BCUT2D eigenvalue weighted by Crippen LogP contribution is -2.03. The molecule has 0 saturated heterocycles. The summed E-state index contributed by atoms with van der Waals surface area (Å²) in [5.74, 6) is 0.909. The Labute approximate surface area is 140 Å². The van der Waals surface area contributed by atoms with E-state index in [9.17, 15) is 4.39 Å². The summed E-state index contributed by atoms with van der Waals surface area (Å²) in [4.78, 5) is 8.92. The van der Waals surface area contributed by atoms with Crippen LogP contribution in [0.2, 0.25) is 0 Å². The van der Waals surface area contributed by atoms with Crippen LogP contribution < -0.4 is 10.6 Å². The third-order valence-electron chi connectivity index (χ3n) is 3.82. The zero-order chi connectivity index (χ0) is 17.1. The normalized spacial score (nSPS) is 10.5. The molecule has 1 aromatic heterocycles. The van der Waals surface area contributed by atoms with Gasteiger partial charge in [-0.15, -0.1) is 0 Å². The molecule has 3 rings (SSSR count). The van der Waals surface area contributed by atoms with Crippen molar-refractivity contribution in [2.45, 2.75) is 20.8 Å². The summed E-state index contributed by atoms with van der Waals surface area (Å²) in [6.07, 6.45) is 0. The molecule has 0 aliphatic rings. The fourth-order valence-electron chi connectivity index (χ4n) is 2.38. The Kier molecular flexibility index (Phi) is 4.42. The quantitative estimate of drug-likeness (QED) is 0.707. The maximum absolute atomic E-state index is 13.0. The Morgan fingerprint density at radius 1 is 0.875 bits per heavy atom. The zero-order valence-electron chi connectivity index (χ0n) is 13.9. The molecule has 5 heteroatoms. The highest BCUT2D eigenvalue weighted by molar-refractivity contribution is 5.63. The molecule has 0 radical (unpaired) electrons. The molecule has 2 N–H and O–H groups in total. The lowest BCUT2D eigenvalue weighted by Gasteiger charge is -2.12. The van der Waals surface area contributed by atoms with E-state index in [4.69, 9.17) is 0 Å². The van der Waals surface area contributed by atoms with Gasteiger partial charge in [-0.2, -0.15) is 4.98 Å². The predicted octanol–water partition coefficient (Wildman–Crippen LogP) is 5.03. The number of hydrogen-bond donors (Lipinski definition) is 2. The van der Waals surface area contributed by atoms with Gasteiger partial charge in [0.05, 0.1) is 0 Å². The second-order valence-electron chi connectivity index (χ2n) is 5.72. The standard InChI is InChI=1S/C19H19FN4/c1-12-5-4-6-17(14(12)3)23-19-21-13(2)11-18(24-19)22-16-9-7-15(20)8-10-16/h4-11H,1-3H3,(H2,21,22,23,24). The van der Waals surface area contributed by atoms with E-state index in [1.165, 1.54) is 17.7 Å². The minimum atomic E-state index is -0.267. The van der Waals surface area contributed by atoms with E-state index < -0.39 is 0 Å². The van der Waals surface area contributed by atoms with Crippen molar-refractivity contribution in [2.24, 2.45) is 0 Å². The third-order valence-corrected chi connectivity index (χ3v) is 3.82. The van der Waals surface area contributed by atoms with Crippen LogP contribution in [0.15, 0.2) is 48.5 Å². The Morgan fingerprint density at radius 2 is 1.62 bits per heavy atom. The fourth-order valence-corrected chi connectivity index (χ4v) is 2.38. The second-order valence-corrected chi connectivity index (χ2v) is 5.72. The number of hydrogen-bond acceptors (Lipinski definition) is 4. The Balaban J connectivity index is 1.86. The number of benzene rings is 2. The monoisotopic (exact) mass is 322 g/mol. The SMILES string of the molecule is Cc1cc(Nc2ccc(F)cc2)nc(Nc2cccc(C)c2C)n1. The van der Waals surface area contributed by atoms with Gasteiger partial charge >= 0.3 is 0 Å². The summed E-state index contributed by atoms with van der Waals surface area (Å²) in [6.45, 7) is 6.04. The maximum atomic E-state index is 13.0. The van der Waals surface area contributed by atoms with Gasteiger partial charge in [-0.3, -0.25) is 0 Å². The van der Waals surface area contributed by atoms with Gasteiger partial charge in [0.1, 0.15) is 11.6 Å². The molecule has 24 heavy (non-hydrogen) atoms. The first kappa shape index (κ1) is 15.9. The summed E-state index contributed by atoms with van der Waals surface area (Å²) in [7, 11) is 0. The number of aryl methyl sites for hydroxylation is 2. The lowest BCUT2D eigenvalue weighted by atomic mass is 10.1. The molecule has 0 aliphatic heterocycles. The van der Waals surface area contributed by atoms with Gasteiger partial charge in [0.25, 0.3) is 0 Å². The molecule has 4 nitrogen and oxygen atoms in total. The molecule has 3 aromatic rings. The van der Waals surface area contributed by atoms with Gasteiger partial charge in [-0.25, -0.2) is 9.37 Å². The van der Waals surface area contributed by atoms with Crippen LogP contribution in [-0.4, -0.2) is 9.97 Å². The van der Waals surface area contributed by atoms with E-state index in [-0.39, 0.29) is 5.82 Å². The van der Waals surface area contributed by atoms with Gasteiger partial charge in [0.15, 0.2) is 0 Å². The second kappa shape index (κ2) is 6.66. The molecule has 0 spiro atoms. The number of nitrogens with zero attached hydrogens (tertiary/aromatic N) is 2. The van der Waals surface area contributed by atoms with Crippen molar-refractivity contribution in [1.29, 1.82) is 0 Å². The van der Waals surface area contributed by atoms with Gasteiger partial charge in [0, 0.05) is 23.1 Å². The van der Waals surface area contributed by atoms with Crippen molar-refractivity contribution in [3.8, 4) is 0 Å². The van der Waals surface area contributed by atoms with Crippen LogP contribution >= 0.6 is 0 Å². The van der Waals surface area contributed by atoms with Crippen LogP contribution in [0.4, 0.5) is 27.5 Å². The van der Waals surface area contributed by atoms with E-state index in [0.29, 0.717) is 11.8 Å².